The fourth-order valence-electron chi connectivity index (χ4n) is 4.87. The summed E-state index contributed by atoms with van der Waals surface area (Å²) < 4.78 is 17.2. The number of carbonyl (C=O) groups excluding carboxylic acids is 1. The Balaban J connectivity index is 2.00. The standard InChI is InChI=1S/C17H26O4/c1-12-5-4-6-13(15(18)19-3)14-7-8-17(16(14,2)11-12)20-9-10-21-17/h5,13-14H,4,6-11H2,1-3H3/b12-5-/t13-,14+,16+/m0/s1. The van der Waals surface area contributed by atoms with Gasteiger partial charge in [-0.3, -0.25) is 4.79 Å². The number of hydrogen-bond donors (Lipinski definition) is 0. The monoisotopic (exact) mass is 294 g/mol. The summed E-state index contributed by atoms with van der Waals surface area (Å²) in [5.74, 6) is -0.353. The Labute approximate surface area is 126 Å². The minimum Gasteiger partial charge on any atom is -0.469 e. The Morgan fingerprint density at radius 3 is 2.71 bits per heavy atom. The first kappa shape index (κ1) is 15.0. The third-order valence-electron chi connectivity index (χ3n) is 5.83. The van der Waals surface area contributed by atoms with E-state index < -0.39 is 5.79 Å². The van der Waals surface area contributed by atoms with Gasteiger partial charge in [0.2, 0.25) is 0 Å². The summed E-state index contributed by atoms with van der Waals surface area (Å²) in [6, 6.07) is 0. The predicted octanol–water partition coefficient (Wildman–Crippen LogP) is 3.07. The van der Waals surface area contributed by atoms with E-state index in [0.29, 0.717) is 13.2 Å². The van der Waals surface area contributed by atoms with Gasteiger partial charge in [-0.15, -0.1) is 0 Å². The Hall–Kier alpha value is -0.870. The lowest BCUT2D eigenvalue weighted by atomic mass is 9.65. The summed E-state index contributed by atoms with van der Waals surface area (Å²) in [5.41, 5.74) is 1.23. The van der Waals surface area contributed by atoms with E-state index in [0.717, 1.165) is 32.1 Å². The molecule has 1 saturated heterocycles. The van der Waals surface area contributed by atoms with Crippen molar-refractivity contribution in [1.29, 1.82) is 0 Å². The zero-order valence-corrected chi connectivity index (χ0v) is 13.3. The fraction of sp³-hybridized carbons (Fsp3) is 0.824. The van der Waals surface area contributed by atoms with Crippen molar-refractivity contribution >= 4 is 5.97 Å². The van der Waals surface area contributed by atoms with Gasteiger partial charge in [-0.1, -0.05) is 18.6 Å². The van der Waals surface area contributed by atoms with Crippen molar-refractivity contribution in [1.82, 2.24) is 0 Å². The molecule has 3 atom stereocenters. The predicted molar refractivity (Wildman–Crippen MR) is 78.6 cm³/mol. The molecule has 0 bridgehead atoms. The molecule has 4 heteroatoms. The highest BCUT2D eigenvalue weighted by atomic mass is 16.7. The molecular formula is C17H26O4. The molecule has 0 N–H and O–H groups in total. The van der Waals surface area contributed by atoms with Gasteiger partial charge >= 0.3 is 5.97 Å². The van der Waals surface area contributed by atoms with Crippen molar-refractivity contribution in [3.8, 4) is 0 Å². The molecule has 3 aliphatic rings. The lowest BCUT2D eigenvalue weighted by molar-refractivity contribution is -0.228. The maximum absolute atomic E-state index is 12.3. The van der Waals surface area contributed by atoms with E-state index in [1.807, 2.05) is 0 Å². The molecule has 1 heterocycles. The van der Waals surface area contributed by atoms with Gasteiger partial charge in [-0.2, -0.15) is 0 Å². The molecule has 0 radical (unpaired) electrons. The SMILES string of the molecule is COC(=O)[C@H]1CC/C=C(/C)C[C@]2(C)[C@@H]1CCC21OCCO1. The van der Waals surface area contributed by atoms with Gasteiger partial charge in [0.25, 0.3) is 0 Å². The number of rotatable bonds is 1. The Kier molecular flexibility index (Phi) is 3.87. The van der Waals surface area contributed by atoms with E-state index in [1.54, 1.807) is 0 Å². The Morgan fingerprint density at radius 1 is 1.33 bits per heavy atom. The van der Waals surface area contributed by atoms with E-state index >= 15 is 0 Å². The van der Waals surface area contributed by atoms with Crippen LogP contribution in [0, 0.1) is 17.3 Å². The van der Waals surface area contributed by atoms with Crippen molar-refractivity contribution in [3.05, 3.63) is 11.6 Å². The van der Waals surface area contributed by atoms with Gasteiger partial charge in [-0.05, 0) is 38.5 Å². The minimum absolute atomic E-state index is 0.0449. The van der Waals surface area contributed by atoms with Crippen LogP contribution in [0.3, 0.4) is 0 Å². The van der Waals surface area contributed by atoms with Crippen LogP contribution in [0.15, 0.2) is 11.6 Å². The second-order valence-corrected chi connectivity index (χ2v) is 6.95. The molecule has 1 saturated carbocycles. The smallest absolute Gasteiger partial charge is 0.308 e. The number of fused-ring (bicyclic) bond motifs is 2. The Morgan fingerprint density at radius 2 is 2.05 bits per heavy atom. The van der Waals surface area contributed by atoms with Crippen LogP contribution >= 0.6 is 0 Å². The maximum atomic E-state index is 12.3. The van der Waals surface area contributed by atoms with Crippen molar-refractivity contribution < 1.29 is 19.0 Å². The largest absolute Gasteiger partial charge is 0.469 e. The zero-order chi connectivity index (χ0) is 15.1. The van der Waals surface area contributed by atoms with Crippen molar-refractivity contribution in [2.24, 2.45) is 17.3 Å². The zero-order valence-electron chi connectivity index (χ0n) is 13.3. The fourth-order valence-corrected chi connectivity index (χ4v) is 4.87. The van der Waals surface area contributed by atoms with Crippen LogP contribution in [0.4, 0.5) is 0 Å². The molecule has 0 aromatic carbocycles. The van der Waals surface area contributed by atoms with Crippen LogP contribution < -0.4 is 0 Å². The topological polar surface area (TPSA) is 44.8 Å². The van der Waals surface area contributed by atoms with Gasteiger partial charge in [-0.25, -0.2) is 0 Å². The van der Waals surface area contributed by atoms with Gasteiger partial charge in [0.1, 0.15) is 0 Å². The molecule has 3 rings (SSSR count). The molecule has 21 heavy (non-hydrogen) atoms. The van der Waals surface area contributed by atoms with E-state index in [2.05, 4.69) is 19.9 Å². The summed E-state index contributed by atoms with van der Waals surface area (Å²) in [5, 5.41) is 0. The van der Waals surface area contributed by atoms with Crippen molar-refractivity contribution in [2.45, 2.75) is 51.7 Å². The van der Waals surface area contributed by atoms with E-state index in [1.165, 1.54) is 12.7 Å². The first-order valence-corrected chi connectivity index (χ1v) is 8.04. The van der Waals surface area contributed by atoms with Crippen molar-refractivity contribution in [3.63, 3.8) is 0 Å². The summed E-state index contributed by atoms with van der Waals surface area (Å²) >= 11 is 0. The van der Waals surface area contributed by atoms with Crippen LogP contribution in [-0.4, -0.2) is 32.1 Å². The summed E-state index contributed by atoms with van der Waals surface area (Å²) in [6.07, 6.45) is 6.87. The number of esters is 1. The minimum atomic E-state index is -0.504. The van der Waals surface area contributed by atoms with Crippen LogP contribution in [-0.2, 0) is 19.0 Å². The molecule has 1 aliphatic heterocycles. The van der Waals surface area contributed by atoms with Crippen LogP contribution in [0.2, 0.25) is 0 Å². The van der Waals surface area contributed by atoms with Crippen LogP contribution in [0.1, 0.15) is 46.0 Å². The molecule has 2 fully saturated rings. The average Bonchev–Trinajstić information content (AvgIpc) is 3.02. The van der Waals surface area contributed by atoms with Gasteiger partial charge in [0.15, 0.2) is 5.79 Å². The second kappa shape index (κ2) is 5.40. The third-order valence-corrected chi connectivity index (χ3v) is 5.83. The molecule has 0 aromatic rings. The highest BCUT2D eigenvalue weighted by Crippen LogP contribution is 2.60. The number of allylic oxidation sites excluding steroid dienone is 2. The number of carbonyl (C=O) groups is 1. The van der Waals surface area contributed by atoms with Crippen LogP contribution in [0.25, 0.3) is 0 Å². The first-order chi connectivity index (χ1) is 10.0. The highest BCUT2D eigenvalue weighted by Gasteiger charge is 2.63. The molecular weight excluding hydrogens is 268 g/mol. The molecule has 2 aliphatic carbocycles. The summed E-state index contributed by atoms with van der Waals surface area (Å²) in [6.45, 7) is 5.75. The average molecular weight is 294 g/mol. The molecule has 0 unspecified atom stereocenters. The number of ether oxygens (including phenoxy) is 3. The highest BCUT2D eigenvalue weighted by molar-refractivity contribution is 5.73. The first-order valence-electron chi connectivity index (χ1n) is 8.04. The Bertz CT molecular complexity index is 450. The summed E-state index contributed by atoms with van der Waals surface area (Å²) in [4.78, 5) is 12.3. The van der Waals surface area contributed by atoms with E-state index in [9.17, 15) is 4.79 Å². The normalized spacial score (nSPS) is 41.0. The van der Waals surface area contributed by atoms with Crippen molar-refractivity contribution in [2.75, 3.05) is 20.3 Å². The molecule has 1 spiro atoms. The molecule has 0 amide bonds. The third kappa shape index (κ3) is 2.23. The van der Waals surface area contributed by atoms with Gasteiger partial charge < -0.3 is 14.2 Å². The molecule has 4 nitrogen and oxygen atoms in total. The maximum Gasteiger partial charge on any atom is 0.308 e. The molecule has 0 aromatic heterocycles. The van der Waals surface area contributed by atoms with E-state index in [4.69, 9.17) is 14.2 Å². The quantitative estimate of drug-likeness (QED) is 0.551. The molecule has 118 valence electrons. The second-order valence-electron chi connectivity index (χ2n) is 6.95. The number of methoxy groups -OCH3 is 1. The van der Waals surface area contributed by atoms with Crippen LogP contribution in [0.5, 0.6) is 0 Å². The lowest BCUT2D eigenvalue weighted by Gasteiger charge is -2.45. The summed E-state index contributed by atoms with van der Waals surface area (Å²) in [7, 11) is 1.49. The van der Waals surface area contributed by atoms with E-state index in [-0.39, 0.29) is 23.2 Å². The number of hydrogen-bond acceptors (Lipinski definition) is 4. The van der Waals surface area contributed by atoms with Gasteiger partial charge in [0, 0.05) is 11.8 Å². The van der Waals surface area contributed by atoms with Gasteiger partial charge in [0.05, 0.1) is 26.2 Å². The lowest BCUT2D eigenvalue weighted by Crippen LogP contribution is -2.49.